The fraction of sp³-hybridized carbons (Fsp3) is 0.375. The first kappa shape index (κ1) is 13.1. The second kappa shape index (κ2) is 4.70. The summed E-state index contributed by atoms with van der Waals surface area (Å²) in [6, 6.07) is 7.69. The summed E-state index contributed by atoms with van der Waals surface area (Å²) in [4.78, 5) is 26.4. The molecule has 1 saturated carbocycles. The van der Waals surface area contributed by atoms with Crippen LogP contribution in [0.25, 0.3) is 0 Å². The third kappa shape index (κ3) is 1.94. The summed E-state index contributed by atoms with van der Waals surface area (Å²) in [6.07, 6.45) is 5.20. The van der Waals surface area contributed by atoms with Gasteiger partial charge in [0.2, 0.25) is 11.8 Å². The molecule has 0 aromatic heterocycles. The predicted octanol–water partition coefficient (Wildman–Crippen LogP) is 2.63. The molecule has 4 rings (SSSR count). The van der Waals surface area contributed by atoms with Crippen LogP contribution in [-0.2, 0) is 9.59 Å². The molecule has 3 aliphatic rings. The number of rotatable bonds is 3. The highest BCUT2D eigenvalue weighted by atomic mass is 79.9. The van der Waals surface area contributed by atoms with Crippen molar-refractivity contribution in [2.45, 2.75) is 6.42 Å². The molecule has 5 heteroatoms. The Balaban J connectivity index is 1.48. The number of carbonyl (C=O) groups excluding carboxylic acids is 2. The number of benzene rings is 1. The van der Waals surface area contributed by atoms with Crippen LogP contribution in [0.15, 0.2) is 40.9 Å². The number of halogens is 1. The number of amides is 2. The lowest BCUT2D eigenvalue weighted by atomic mass is 9.85. The summed E-state index contributed by atoms with van der Waals surface area (Å²) in [7, 11) is 0. The molecule has 1 aromatic carbocycles. The summed E-state index contributed by atoms with van der Waals surface area (Å²) >= 11 is 3.38. The van der Waals surface area contributed by atoms with Crippen molar-refractivity contribution >= 4 is 33.4 Å². The molecule has 1 aliphatic heterocycles. The van der Waals surface area contributed by atoms with Crippen LogP contribution in [0.5, 0.6) is 0 Å². The predicted molar refractivity (Wildman–Crippen MR) is 82.2 cm³/mol. The zero-order valence-corrected chi connectivity index (χ0v) is 12.9. The molecule has 2 amide bonds. The summed E-state index contributed by atoms with van der Waals surface area (Å²) in [6.45, 7) is 0.256. The van der Waals surface area contributed by atoms with E-state index in [0.717, 1.165) is 16.6 Å². The van der Waals surface area contributed by atoms with Crippen LogP contribution >= 0.6 is 15.9 Å². The van der Waals surface area contributed by atoms with Crippen molar-refractivity contribution in [3.8, 4) is 0 Å². The molecule has 1 heterocycles. The van der Waals surface area contributed by atoms with E-state index in [-0.39, 0.29) is 42.2 Å². The number of imide groups is 1. The van der Waals surface area contributed by atoms with Gasteiger partial charge in [0.05, 0.1) is 18.5 Å². The van der Waals surface area contributed by atoms with Crippen molar-refractivity contribution in [1.82, 2.24) is 4.90 Å². The lowest BCUT2D eigenvalue weighted by Crippen LogP contribution is -2.37. The van der Waals surface area contributed by atoms with Crippen molar-refractivity contribution in [3.63, 3.8) is 0 Å². The first-order valence-corrected chi connectivity index (χ1v) is 7.97. The van der Waals surface area contributed by atoms with Gasteiger partial charge in [0.25, 0.3) is 0 Å². The number of hydrogen-bond acceptors (Lipinski definition) is 3. The number of anilines is 1. The number of likely N-dealkylation sites (tertiary alicyclic amines) is 1. The van der Waals surface area contributed by atoms with Crippen molar-refractivity contribution in [2.75, 3.05) is 12.0 Å². The lowest BCUT2D eigenvalue weighted by molar-refractivity contribution is -0.140. The molecule has 1 aromatic rings. The molecule has 2 fully saturated rings. The van der Waals surface area contributed by atoms with Crippen LogP contribution < -0.4 is 5.32 Å². The molecule has 1 N–H and O–H groups in total. The number of nitrogens with one attached hydrogen (secondary N) is 1. The Hall–Kier alpha value is -1.62. The largest absolute Gasteiger partial charge is 0.367 e. The molecule has 2 bridgehead atoms. The van der Waals surface area contributed by atoms with E-state index >= 15 is 0 Å². The highest BCUT2D eigenvalue weighted by Crippen LogP contribution is 2.52. The van der Waals surface area contributed by atoms with Gasteiger partial charge in [0, 0.05) is 10.2 Å². The minimum atomic E-state index is -0.112. The third-order valence-electron chi connectivity index (χ3n) is 4.85. The maximum atomic E-state index is 12.5. The number of hydrogen-bond donors (Lipinski definition) is 1. The van der Waals surface area contributed by atoms with Crippen molar-refractivity contribution in [2.24, 2.45) is 23.7 Å². The van der Waals surface area contributed by atoms with Gasteiger partial charge in [0.15, 0.2) is 0 Å². The van der Waals surface area contributed by atoms with Gasteiger partial charge in [-0.1, -0.05) is 28.1 Å². The van der Waals surface area contributed by atoms with Gasteiger partial charge in [-0.2, -0.15) is 0 Å². The molecule has 1 saturated heterocycles. The molecule has 21 heavy (non-hydrogen) atoms. The van der Waals surface area contributed by atoms with Crippen molar-refractivity contribution in [1.29, 1.82) is 0 Å². The van der Waals surface area contributed by atoms with E-state index in [9.17, 15) is 9.59 Å². The maximum absolute atomic E-state index is 12.5. The Morgan fingerprint density at radius 1 is 1.05 bits per heavy atom. The van der Waals surface area contributed by atoms with Crippen LogP contribution in [0.3, 0.4) is 0 Å². The van der Waals surface area contributed by atoms with Crippen molar-refractivity contribution in [3.05, 3.63) is 40.9 Å². The van der Waals surface area contributed by atoms with Gasteiger partial charge < -0.3 is 5.32 Å². The molecule has 0 spiro atoms. The number of fused-ring (bicyclic) bond motifs is 5. The normalized spacial score (nSPS) is 32.9. The fourth-order valence-corrected chi connectivity index (χ4v) is 4.12. The van der Waals surface area contributed by atoms with E-state index in [1.165, 1.54) is 4.90 Å². The van der Waals surface area contributed by atoms with E-state index < -0.39 is 0 Å². The van der Waals surface area contributed by atoms with Crippen LogP contribution in [0.2, 0.25) is 0 Å². The van der Waals surface area contributed by atoms with Gasteiger partial charge in [-0.15, -0.1) is 0 Å². The summed E-state index contributed by atoms with van der Waals surface area (Å²) in [5.41, 5.74) is 0.900. The fourth-order valence-electron chi connectivity index (χ4n) is 3.86. The Morgan fingerprint density at radius 2 is 1.62 bits per heavy atom. The average Bonchev–Trinajstić information content (AvgIpc) is 3.14. The van der Waals surface area contributed by atoms with Gasteiger partial charge >= 0.3 is 0 Å². The standard InChI is InChI=1S/C16H15BrN2O2/c17-11-3-5-12(6-4-11)18-8-19-15(20)13-9-1-2-10(7-9)14(13)16(19)21/h1-6,9-10,13-14,18H,7-8H2/t9-,10-,13-,14+/m1/s1. The van der Waals surface area contributed by atoms with Crippen LogP contribution in [0, 0.1) is 23.7 Å². The Kier molecular flexibility index (Phi) is 2.92. The summed E-state index contributed by atoms with van der Waals surface area (Å²) < 4.78 is 0.999. The third-order valence-corrected chi connectivity index (χ3v) is 5.38. The van der Waals surface area contributed by atoms with Crippen LogP contribution in [0.1, 0.15) is 6.42 Å². The Labute approximate surface area is 131 Å². The highest BCUT2D eigenvalue weighted by molar-refractivity contribution is 9.10. The first-order valence-electron chi connectivity index (χ1n) is 7.18. The maximum Gasteiger partial charge on any atom is 0.235 e. The quantitative estimate of drug-likeness (QED) is 0.676. The summed E-state index contributed by atoms with van der Waals surface area (Å²) in [5, 5.41) is 3.16. The molecule has 0 radical (unpaired) electrons. The number of allylic oxidation sites excluding steroid dienone is 2. The molecule has 0 unspecified atom stereocenters. The van der Waals surface area contributed by atoms with Crippen LogP contribution in [-0.4, -0.2) is 23.4 Å². The number of carbonyl (C=O) groups is 2. The molecule has 4 atom stereocenters. The molecule has 4 nitrogen and oxygen atoms in total. The molecular formula is C16H15BrN2O2. The van der Waals surface area contributed by atoms with E-state index in [1.54, 1.807) is 0 Å². The zero-order chi connectivity index (χ0) is 14.6. The van der Waals surface area contributed by atoms with E-state index in [4.69, 9.17) is 0 Å². The second-order valence-corrected chi connectivity index (χ2v) is 6.86. The van der Waals surface area contributed by atoms with Gasteiger partial charge in [0.1, 0.15) is 0 Å². The van der Waals surface area contributed by atoms with Gasteiger partial charge in [-0.25, -0.2) is 0 Å². The van der Waals surface area contributed by atoms with E-state index in [2.05, 4.69) is 33.4 Å². The van der Waals surface area contributed by atoms with Crippen LogP contribution in [0.4, 0.5) is 5.69 Å². The monoisotopic (exact) mass is 346 g/mol. The lowest BCUT2D eigenvalue weighted by Gasteiger charge is -2.18. The molecule has 2 aliphatic carbocycles. The highest BCUT2D eigenvalue weighted by Gasteiger charge is 2.59. The first-order chi connectivity index (χ1) is 10.1. The topological polar surface area (TPSA) is 49.4 Å². The number of nitrogens with zero attached hydrogens (tertiary/aromatic N) is 1. The average molecular weight is 347 g/mol. The Morgan fingerprint density at radius 3 is 2.19 bits per heavy atom. The zero-order valence-electron chi connectivity index (χ0n) is 11.3. The smallest absolute Gasteiger partial charge is 0.235 e. The van der Waals surface area contributed by atoms with E-state index in [1.807, 2.05) is 24.3 Å². The summed E-state index contributed by atoms with van der Waals surface area (Å²) in [5.74, 6) is 0.305. The van der Waals surface area contributed by atoms with Crippen molar-refractivity contribution < 1.29 is 9.59 Å². The SMILES string of the molecule is O=C1[C@@H]2[C@H](C(=O)N1CNc1ccc(Br)cc1)[C@@H]1C=C[C@@H]2C1. The molecule has 108 valence electrons. The van der Waals surface area contributed by atoms with Gasteiger partial charge in [-0.3, -0.25) is 14.5 Å². The second-order valence-electron chi connectivity index (χ2n) is 5.95. The van der Waals surface area contributed by atoms with Gasteiger partial charge in [-0.05, 0) is 42.5 Å². The minimum absolute atomic E-state index is 0.00791. The Bertz CT molecular complexity index is 610. The minimum Gasteiger partial charge on any atom is -0.367 e. The molecular weight excluding hydrogens is 332 g/mol. The van der Waals surface area contributed by atoms with E-state index in [0.29, 0.717) is 0 Å².